The predicted octanol–water partition coefficient (Wildman–Crippen LogP) is 4.00. The van der Waals surface area contributed by atoms with Crippen molar-refractivity contribution in [2.75, 3.05) is 34.9 Å². The first-order valence-electron chi connectivity index (χ1n) is 25.9. The minimum Gasteiger partial charge on any atom is -0.462 e. The second-order valence-electron chi connectivity index (χ2n) is 21.4. The van der Waals surface area contributed by atoms with Crippen molar-refractivity contribution >= 4 is 30.0 Å². The molecule has 3 saturated heterocycles. The van der Waals surface area contributed by atoms with Gasteiger partial charge in [-0.3, -0.25) is 19.2 Å². The number of hydrogen-bond donors (Lipinski definition) is 3. The number of ether oxygens (including phenoxy) is 11. The first-order chi connectivity index (χ1) is 34.3. The van der Waals surface area contributed by atoms with Crippen molar-refractivity contribution in [2.24, 2.45) is 29.6 Å². The molecule has 0 aromatic heterocycles. The van der Waals surface area contributed by atoms with Crippen LogP contribution in [-0.2, 0) is 76.1 Å². The number of carbonyl (C=O) groups excluding carboxylic acids is 5. The van der Waals surface area contributed by atoms with Crippen LogP contribution in [0.25, 0.3) is 0 Å². The molecule has 3 fully saturated rings. The molecule has 20 heteroatoms. The third-order valence-electron chi connectivity index (χ3n) is 14.5. The van der Waals surface area contributed by atoms with E-state index in [1.165, 1.54) is 27.2 Å². The van der Waals surface area contributed by atoms with Crippen molar-refractivity contribution in [2.45, 2.75) is 218 Å². The second-order valence-corrected chi connectivity index (χ2v) is 21.4. The van der Waals surface area contributed by atoms with Gasteiger partial charge in [0.1, 0.15) is 54.6 Å². The number of allylic oxidation sites excluding steroid dienone is 3. The normalized spacial score (nSPS) is 41.6. The Labute approximate surface area is 432 Å². The van der Waals surface area contributed by atoms with Gasteiger partial charge in [-0.05, 0) is 79.5 Å². The van der Waals surface area contributed by atoms with Crippen LogP contribution >= 0.6 is 0 Å². The van der Waals surface area contributed by atoms with Crippen LogP contribution in [0.3, 0.4) is 0 Å². The van der Waals surface area contributed by atoms with E-state index in [0.717, 1.165) is 0 Å². The van der Waals surface area contributed by atoms with E-state index in [0.29, 0.717) is 18.3 Å². The number of ketones is 1. The molecular formula is C53H87NO19. The Bertz CT molecular complexity index is 1860. The molecule has 0 saturated carbocycles. The molecule has 0 aromatic carbocycles. The standard InChI is InChI=1S/C53H87NO19/c1-16-38-36(26-65-52-49(64-15)48(63-14)44(60)31(7)67-52)22-28(4)17-18-37(57)29(5)23-35(19-20-55)46(30(6)39(69-34(10)56)24-41(59)70-38)73-51-45(61)43(54(12)13)47(32(8)68-51)72-42-25-53(11,62)50(33(9)66-42)71-40(58)21-27(2)3/h17-18,20,22,27,29-33,35-36,38-39,42-52,60-62H,16,19,21,23-26H2,1-15H3/b18-17-,28-22-/t29-,30+,31?,32?,33?,35+,36?,38+,39-,42?,43?,44?,45?,46-,47?,48?,49?,50?,51?,52?,53?/m1/s1. The summed E-state index contributed by atoms with van der Waals surface area (Å²) in [6.07, 6.45) is -8.67. The Balaban J connectivity index is 1.66. The number of aldehydes is 1. The highest BCUT2D eigenvalue weighted by molar-refractivity contribution is 5.91. The molecule has 73 heavy (non-hydrogen) atoms. The van der Waals surface area contributed by atoms with Gasteiger partial charge in [-0.1, -0.05) is 52.3 Å². The number of esters is 3. The van der Waals surface area contributed by atoms with Crippen LogP contribution in [0.1, 0.15) is 115 Å². The van der Waals surface area contributed by atoms with Crippen molar-refractivity contribution < 1.29 is 91.4 Å². The summed E-state index contributed by atoms with van der Waals surface area (Å²) in [6.45, 7) is 18.7. The van der Waals surface area contributed by atoms with Crippen molar-refractivity contribution in [3.8, 4) is 0 Å². The number of aliphatic hydroxyl groups excluding tert-OH is 2. The van der Waals surface area contributed by atoms with Gasteiger partial charge in [0.15, 0.2) is 30.8 Å². The topological polar surface area (TPSA) is 251 Å². The van der Waals surface area contributed by atoms with E-state index in [1.807, 2.05) is 26.8 Å². The Kier molecular flexibility index (Phi) is 24.1. The summed E-state index contributed by atoms with van der Waals surface area (Å²) in [6, 6.07) is -0.809. The van der Waals surface area contributed by atoms with Gasteiger partial charge in [0.2, 0.25) is 0 Å². The van der Waals surface area contributed by atoms with Crippen molar-refractivity contribution in [3.63, 3.8) is 0 Å². The lowest BCUT2D eigenvalue weighted by atomic mass is 9.79. The van der Waals surface area contributed by atoms with E-state index in [4.69, 9.17) is 52.1 Å². The lowest BCUT2D eigenvalue weighted by Gasteiger charge is -2.50. The zero-order valence-corrected chi connectivity index (χ0v) is 45.7. The molecular weight excluding hydrogens is 955 g/mol. The summed E-state index contributed by atoms with van der Waals surface area (Å²) in [4.78, 5) is 67.9. The van der Waals surface area contributed by atoms with Crippen LogP contribution in [0.4, 0.5) is 0 Å². The zero-order chi connectivity index (χ0) is 54.6. The third-order valence-corrected chi connectivity index (χ3v) is 14.5. The number of hydrogen-bond acceptors (Lipinski definition) is 20. The zero-order valence-electron chi connectivity index (χ0n) is 45.7. The summed E-state index contributed by atoms with van der Waals surface area (Å²) in [5, 5.41) is 34.6. The largest absolute Gasteiger partial charge is 0.462 e. The number of likely N-dealkylation sites (N-methyl/N-ethyl adjacent to an activating group) is 1. The summed E-state index contributed by atoms with van der Waals surface area (Å²) in [5.41, 5.74) is -0.865. The Morgan fingerprint density at radius 3 is 2.12 bits per heavy atom. The van der Waals surface area contributed by atoms with Crippen LogP contribution < -0.4 is 0 Å². The maximum Gasteiger partial charge on any atom is 0.309 e. The fraction of sp³-hybridized carbons (Fsp3) is 0.830. The Morgan fingerprint density at radius 2 is 1.55 bits per heavy atom. The monoisotopic (exact) mass is 1040 g/mol. The quantitative estimate of drug-likeness (QED) is 0.106. The highest BCUT2D eigenvalue weighted by Gasteiger charge is 2.53. The van der Waals surface area contributed by atoms with Gasteiger partial charge >= 0.3 is 17.9 Å². The molecule has 4 aliphatic heterocycles. The number of methoxy groups -OCH3 is 2. The molecule has 0 bridgehead atoms. The van der Waals surface area contributed by atoms with Crippen molar-refractivity contribution in [1.82, 2.24) is 4.90 Å². The van der Waals surface area contributed by atoms with Gasteiger partial charge in [0.05, 0.1) is 43.5 Å². The van der Waals surface area contributed by atoms with E-state index in [2.05, 4.69) is 0 Å². The van der Waals surface area contributed by atoms with Crippen LogP contribution in [-0.4, -0.2) is 189 Å². The predicted molar refractivity (Wildman–Crippen MR) is 263 cm³/mol. The molecule has 3 N–H and O–H groups in total. The maximum absolute atomic E-state index is 14.2. The van der Waals surface area contributed by atoms with Crippen molar-refractivity contribution in [3.05, 3.63) is 23.8 Å². The highest BCUT2D eigenvalue weighted by atomic mass is 16.7. The number of rotatable bonds is 17. The summed E-state index contributed by atoms with van der Waals surface area (Å²) >= 11 is 0. The first-order valence-corrected chi connectivity index (χ1v) is 25.9. The molecule has 20 nitrogen and oxygen atoms in total. The van der Waals surface area contributed by atoms with Gasteiger partial charge in [0, 0.05) is 58.2 Å². The molecule has 0 radical (unpaired) electrons. The van der Waals surface area contributed by atoms with Gasteiger partial charge in [0.25, 0.3) is 0 Å². The van der Waals surface area contributed by atoms with Gasteiger partial charge in [-0.25, -0.2) is 0 Å². The minimum absolute atomic E-state index is 0.0378. The molecule has 0 amide bonds. The average Bonchev–Trinajstić information content (AvgIpc) is 3.29. The van der Waals surface area contributed by atoms with Gasteiger partial charge < -0.3 is 77.1 Å². The Hall–Kier alpha value is -3.25. The average molecular weight is 1040 g/mol. The molecule has 0 aromatic rings. The van der Waals surface area contributed by atoms with E-state index >= 15 is 0 Å². The van der Waals surface area contributed by atoms with Crippen LogP contribution in [0.2, 0.25) is 0 Å². The van der Waals surface area contributed by atoms with Crippen LogP contribution in [0, 0.1) is 29.6 Å². The molecule has 15 unspecified atom stereocenters. The molecule has 418 valence electrons. The summed E-state index contributed by atoms with van der Waals surface area (Å²) in [5.74, 6) is -4.87. The number of aliphatic hydroxyl groups is 3. The molecule has 4 heterocycles. The third kappa shape index (κ3) is 16.9. The van der Waals surface area contributed by atoms with Gasteiger partial charge in [-0.2, -0.15) is 0 Å². The molecule has 21 atom stereocenters. The lowest BCUT2D eigenvalue weighted by Crippen LogP contribution is -2.65. The smallest absolute Gasteiger partial charge is 0.309 e. The van der Waals surface area contributed by atoms with Crippen LogP contribution in [0.5, 0.6) is 0 Å². The SMILES string of the molecule is CC[C@@H]1OC(=O)C[C@@H](OC(C)=O)[C@H](C)[C@@H](OC2OC(C)C(OC3CC(C)(O)C(OC(=O)CC(C)C)C(C)O3)C(N(C)C)C2O)[C@@H](CC=O)C[C@@H](C)C(=O)/C=C\C(C)=C/C1COC1OC(C)C(O)C(OC)C1OC. The fourth-order valence-electron chi connectivity index (χ4n) is 10.6. The van der Waals surface area contributed by atoms with Crippen molar-refractivity contribution in [1.29, 1.82) is 0 Å². The van der Waals surface area contributed by atoms with E-state index in [1.54, 1.807) is 73.5 Å². The molecule has 0 spiro atoms. The summed E-state index contributed by atoms with van der Waals surface area (Å²) in [7, 11) is 6.41. The lowest BCUT2D eigenvalue weighted by molar-refractivity contribution is -0.342. The number of carbonyl (C=O) groups is 5. The molecule has 4 aliphatic rings. The van der Waals surface area contributed by atoms with Crippen LogP contribution in [0.15, 0.2) is 23.8 Å². The minimum atomic E-state index is -1.53. The second kappa shape index (κ2) is 28.2. The molecule has 0 aliphatic carbocycles. The maximum atomic E-state index is 14.2. The van der Waals surface area contributed by atoms with E-state index in [-0.39, 0.29) is 44.0 Å². The highest BCUT2D eigenvalue weighted by Crippen LogP contribution is 2.39. The fourth-order valence-corrected chi connectivity index (χ4v) is 10.6. The van der Waals surface area contributed by atoms with E-state index < -0.39 is 152 Å². The number of nitrogens with zero attached hydrogens (tertiary/aromatic N) is 1. The van der Waals surface area contributed by atoms with E-state index in [9.17, 15) is 39.3 Å². The molecule has 4 rings (SSSR count). The van der Waals surface area contributed by atoms with Gasteiger partial charge in [-0.15, -0.1) is 0 Å². The first kappa shape index (κ1) is 62.3. The number of cyclic esters (lactones) is 1. The Morgan fingerprint density at radius 1 is 0.890 bits per heavy atom. The summed E-state index contributed by atoms with van der Waals surface area (Å²) < 4.78 is 67.2.